The Morgan fingerprint density at radius 2 is 1.57 bits per heavy atom. The van der Waals surface area contributed by atoms with E-state index in [1.807, 2.05) is 13.8 Å². The van der Waals surface area contributed by atoms with Crippen molar-refractivity contribution in [3.05, 3.63) is 23.8 Å². The molecule has 2 amide bonds. The van der Waals surface area contributed by atoms with E-state index < -0.39 is 0 Å². The maximum atomic E-state index is 12.2. The molecule has 0 heterocycles. The molecule has 0 fully saturated rings. The lowest BCUT2D eigenvalue weighted by atomic mass is 10.1. The average Bonchev–Trinajstić information content (AvgIpc) is 2.49. The summed E-state index contributed by atoms with van der Waals surface area (Å²) >= 11 is 0. The molecule has 116 valence electrons. The van der Waals surface area contributed by atoms with E-state index >= 15 is 0 Å². The van der Waals surface area contributed by atoms with E-state index in [0.29, 0.717) is 30.2 Å². The van der Waals surface area contributed by atoms with Crippen molar-refractivity contribution >= 4 is 11.8 Å². The minimum absolute atomic E-state index is 0.0425. The molecule has 6 nitrogen and oxygen atoms in total. The highest BCUT2D eigenvalue weighted by molar-refractivity contribution is 5.99. The standard InChI is InChI=1S/C15H22N2O4/c1-10(2)14(18)16-8-9-17-15(19)13-11(20-3)6-5-7-12(13)21-4/h5-7,10H,8-9H2,1-4H3,(H,16,18)(H,17,19). The highest BCUT2D eigenvalue weighted by Gasteiger charge is 2.17. The number of carbonyl (C=O) groups excluding carboxylic acids is 2. The van der Waals surface area contributed by atoms with Gasteiger partial charge in [0, 0.05) is 19.0 Å². The van der Waals surface area contributed by atoms with Gasteiger partial charge in [-0.3, -0.25) is 9.59 Å². The molecule has 2 N–H and O–H groups in total. The first kappa shape index (κ1) is 16.8. The van der Waals surface area contributed by atoms with Gasteiger partial charge in [0.05, 0.1) is 14.2 Å². The van der Waals surface area contributed by atoms with E-state index in [1.54, 1.807) is 18.2 Å². The van der Waals surface area contributed by atoms with Crippen molar-refractivity contribution in [1.82, 2.24) is 10.6 Å². The van der Waals surface area contributed by atoms with Gasteiger partial charge in [-0.15, -0.1) is 0 Å². The Balaban J connectivity index is 2.62. The van der Waals surface area contributed by atoms with E-state index in [1.165, 1.54) is 14.2 Å². The highest BCUT2D eigenvalue weighted by atomic mass is 16.5. The Morgan fingerprint density at radius 3 is 2.05 bits per heavy atom. The first-order valence-corrected chi connectivity index (χ1v) is 6.78. The fourth-order valence-corrected chi connectivity index (χ4v) is 1.73. The van der Waals surface area contributed by atoms with Crippen molar-refractivity contribution in [1.29, 1.82) is 0 Å². The Labute approximate surface area is 124 Å². The van der Waals surface area contributed by atoms with E-state index in [-0.39, 0.29) is 17.7 Å². The van der Waals surface area contributed by atoms with Gasteiger partial charge in [0.2, 0.25) is 5.91 Å². The Hall–Kier alpha value is -2.24. The second-order valence-corrected chi connectivity index (χ2v) is 4.74. The molecule has 0 saturated carbocycles. The molecule has 0 unspecified atom stereocenters. The van der Waals surface area contributed by atoms with Gasteiger partial charge in [0.25, 0.3) is 5.91 Å². The number of hydrogen-bond acceptors (Lipinski definition) is 4. The number of amides is 2. The Kier molecular flexibility index (Phi) is 6.52. The molecule has 1 rings (SSSR count). The predicted molar refractivity (Wildman–Crippen MR) is 79.7 cm³/mol. The van der Waals surface area contributed by atoms with Gasteiger partial charge in [-0.2, -0.15) is 0 Å². The quantitative estimate of drug-likeness (QED) is 0.741. The van der Waals surface area contributed by atoms with E-state index in [4.69, 9.17) is 9.47 Å². The van der Waals surface area contributed by atoms with Crippen molar-refractivity contribution in [3.8, 4) is 11.5 Å². The lowest BCUT2D eigenvalue weighted by molar-refractivity contribution is -0.123. The third-order valence-electron chi connectivity index (χ3n) is 2.89. The predicted octanol–water partition coefficient (Wildman–Crippen LogP) is 1.21. The van der Waals surface area contributed by atoms with Gasteiger partial charge < -0.3 is 20.1 Å². The van der Waals surface area contributed by atoms with Crippen molar-refractivity contribution in [3.63, 3.8) is 0 Å². The maximum Gasteiger partial charge on any atom is 0.258 e. The zero-order chi connectivity index (χ0) is 15.8. The summed E-state index contributed by atoms with van der Waals surface area (Å²) in [6.07, 6.45) is 0. The van der Waals surface area contributed by atoms with Crippen molar-refractivity contribution in [2.45, 2.75) is 13.8 Å². The van der Waals surface area contributed by atoms with Crippen LogP contribution >= 0.6 is 0 Å². The van der Waals surface area contributed by atoms with Crippen LogP contribution in [0.1, 0.15) is 24.2 Å². The van der Waals surface area contributed by atoms with Crippen LogP contribution in [0.2, 0.25) is 0 Å². The maximum absolute atomic E-state index is 12.2. The number of nitrogens with one attached hydrogen (secondary N) is 2. The summed E-state index contributed by atoms with van der Waals surface area (Å²) in [5, 5.41) is 5.46. The van der Waals surface area contributed by atoms with Gasteiger partial charge in [0.1, 0.15) is 17.1 Å². The van der Waals surface area contributed by atoms with Crippen molar-refractivity contribution in [2.75, 3.05) is 27.3 Å². The SMILES string of the molecule is COc1cccc(OC)c1C(=O)NCCNC(=O)C(C)C. The normalized spacial score (nSPS) is 10.1. The molecule has 0 aromatic heterocycles. The average molecular weight is 294 g/mol. The van der Waals surface area contributed by atoms with Crippen LogP contribution in [-0.2, 0) is 4.79 Å². The van der Waals surface area contributed by atoms with Crippen LogP contribution in [0, 0.1) is 5.92 Å². The third-order valence-corrected chi connectivity index (χ3v) is 2.89. The zero-order valence-electron chi connectivity index (χ0n) is 12.9. The van der Waals surface area contributed by atoms with Crippen LogP contribution in [-0.4, -0.2) is 39.1 Å². The smallest absolute Gasteiger partial charge is 0.258 e. The van der Waals surface area contributed by atoms with Gasteiger partial charge in [-0.05, 0) is 12.1 Å². The minimum Gasteiger partial charge on any atom is -0.496 e. The molecular formula is C15H22N2O4. The molecule has 1 aromatic rings. The number of hydrogen-bond donors (Lipinski definition) is 2. The molecule has 6 heteroatoms. The molecule has 0 aliphatic heterocycles. The number of methoxy groups -OCH3 is 2. The van der Waals surface area contributed by atoms with Crippen LogP contribution in [0.3, 0.4) is 0 Å². The zero-order valence-corrected chi connectivity index (χ0v) is 12.9. The molecule has 1 aromatic carbocycles. The molecule has 0 saturated heterocycles. The summed E-state index contributed by atoms with van der Waals surface area (Å²) in [6, 6.07) is 5.13. The van der Waals surface area contributed by atoms with E-state index in [9.17, 15) is 9.59 Å². The summed E-state index contributed by atoms with van der Waals surface area (Å²) in [5.41, 5.74) is 0.345. The largest absolute Gasteiger partial charge is 0.496 e. The van der Waals surface area contributed by atoms with Gasteiger partial charge in [-0.25, -0.2) is 0 Å². The number of ether oxygens (including phenoxy) is 2. The molecule has 21 heavy (non-hydrogen) atoms. The first-order chi connectivity index (χ1) is 10.0. The number of benzene rings is 1. The lowest BCUT2D eigenvalue weighted by Crippen LogP contribution is -2.36. The summed E-state index contributed by atoms with van der Waals surface area (Å²) < 4.78 is 10.3. The second-order valence-electron chi connectivity index (χ2n) is 4.74. The monoisotopic (exact) mass is 294 g/mol. The van der Waals surface area contributed by atoms with Gasteiger partial charge in [0.15, 0.2) is 0 Å². The topological polar surface area (TPSA) is 76.7 Å². The summed E-state index contributed by atoms with van der Waals surface area (Å²) in [6.45, 7) is 4.33. The molecule has 0 spiro atoms. The van der Waals surface area contributed by atoms with Crippen molar-refractivity contribution in [2.24, 2.45) is 5.92 Å². The number of carbonyl (C=O) groups is 2. The molecule has 0 aliphatic rings. The highest BCUT2D eigenvalue weighted by Crippen LogP contribution is 2.27. The molecular weight excluding hydrogens is 272 g/mol. The van der Waals surface area contributed by atoms with Crippen LogP contribution in [0.15, 0.2) is 18.2 Å². The molecule has 0 bridgehead atoms. The molecule has 0 aliphatic carbocycles. The molecule has 0 atom stereocenters. The van der Waals surface area contributed by atoms with Crippen LogP contribution in [0.4, 0.5) is 0 Å². The van der Waals surface area contributed by atoms with Crippen molar-refractivity contribution < 1.29 is 19.1 Å². The van der Waals surface area contributed by atoms with Gasteiger partial charge in [-0.1, -0.05) is 19.9 Å². The van der Waals surface area contributed by atoms with E-state index in [2.05, 4.69) is 10.6 Å². The summed E-state index contributed by atoms with van der Waals surface area (Å²) in [7, 11) is 2.99. The lowest BCUT2D eigenvalue weighted by Gasteiger charge is -2.13. The van der Waals surface area contributed by atoms with E-state index in [0.717, 1.165) is 0 Å². The minimum atomic E-state index is -0.303. The second kappa shape index (κ2) is 8.14. The van der Waals surface area contributed by atoms with Crippen LogP contribution in [0.25, 0.3) is 0 Å². The van der Waals surface area contributed by atoms with Crippen LogP contribution < -0.4 is 20.1 Å². The van der Waals surface area contributed by atoms with Crippen LogP contribution in [0.5, 0.6) is 11.5 Å². The fraction of sp³-hybridized carbons (Fsp3) is 0.467. The van der Waals surface area contributed by atoms with Gasteiger partial charge >= 0.3 is 0 Å². The summed E-state index contributed by atoms with van der Waals surface area (Å²) in [5.74, 6) is 0.466. The Morgan fingerprint density at radius 1 is 1.05 bits per heavy atom. The number of rotatable bonds is 7. The molecule has 0 radical (unpaired) electrons. The fourth-order valence-electron chi connectivity index (χ4n) is 1.73. The third kappa shape index (κ3) is 4.66. The summed E-state index contributed by atoms with van der Waals surface area (Å²) in [4.78, 5) is 23.6. The Bertz CT molecular complexity index is 478. The first-order valence-electron chi connectivity index (χ1n) is 6.78.